The lowest BCUT2D eigenvalue weighted by Crippen LogP contribution is -2.24. The van der Waals surface area contributed by atoms with Crippen molar-refractivity contribution in [3.8, 4) is 0 Å². The molecule has 1 aliphatic heterocycles. The lowest BCUT2D eigenvalue weighted by Gasteiger charge is -2.10. The minimum Gasteiger partial charge on any atom is -0.339 e. The fourth-order valence-corrected chi connectivity index (χ4v) is 4.39. The Morgan fingerprint density at radius 2 is 2.20 bits per heavy atom. The van der Waals surface area contributed by atoms with E-state index in [1.54, 1.807) is 6.07 Å². The van der Waals surface area contributed by atoms with Gasteiger partial charge in [0.05, 0.1) is 17.1 Å². The summed E-state index contributed by atoms with van der Waals surface area (Å²) in [7, 11) is -3.75. The molecule has 2 aliphatic rings. The number of nitrogens with zero attached hydrogens (tertiary/aromatic N) is 2. The molecule has 0 atom stereocenters. The van der Waals surface area contributed by atoms with Crippen molar-refractivity contribution in [1.29, 1.82) is 0 Å². The SMILES string of the molecule is O=C1CCSc2ccc(S(=O)(=O)NCc3noc(C4CC4)n3)cc2N1. The summed E-state index contributed by atoms with van der Waals surface area (Å²) >= 11 is 1.52. The van der Waals surface area contributed by atoms with Gasteiger partial charge in [-0.25, -0.2) is 13.1 Å². The summed E-state index contributed by atoms with van der Waals surface area (Å²) in [5, 5.41) is 6.53. The molecule has 132 valence electrons. The molecule has 0 radical (unpaired) electrons. The summed E-state index contributed by atoms with van der Waals surface area (Å²) in [4.78, 5) is 16.8. The molecular formula is C15H16N4O4S2. The highest BCUT2D eigenvalue weighted by Gasteiger charge is 2.29. The van der Waals surface area contributed by atoms with E-state index in [2.05, 4.69) is 20.2 Å². The van der Waals surface area contributed by atoms with Crippen LogP contribution in [0.15, 0.2) is 32.5 Å². The van der Waals surface area contributed by atoms with E-state index < -0.39 is 10.0 Å². The van der Waals surface area contributed by atoms with Crippen LogP contribution in [0, 0.1) is 0 Å². The van der Waals surface area contributed by atoms with E-state index in [9.17, 15) is 13.2 Å². The zero-order valence-electron chi connectivity index (χ0n) is 13.2. The summed E-state index contributed by atoms with van der Waals surface area (Å²) in [5.74, 6) is 1.75. The number of amides is 1. The number of anilines is 1. The highest BCUT2D eigenvalue weighted by molar-refractivity contribution is 7.99. The van der Waals surface area contributed by atoms with E-state index in [1.807, 2.05) is 0 Å². The first kappa shape index (κ1) is 16.6. The number of carbonyl (C=O) groups is 1. The van der Waals surface area contributed by atoms with Gasteiger partial charge in [-0.2, -0.15) is 4.98 Å². The van der Waals surface area contributed by atoms with Crippen LogP contribution in [-0.2, 0) is 21.4 Å². The van der Waals surface area contributed by atoms with Gasteiger partial charge in [0, 0.05) is 23.0 Å². The van der Waals surface area contributed by atoms with Gasteiger partial charge in [0.1, 0.15) is 0 Å². The first-order valence-electron chi connectivity index (χ1n) is 7.90. The van der Waals surface area contributed by atoms with Crippen molar-refractivity contribution >= 4 is 33.4 Å². The van der Waals surface area contributed by atoms with Crippen LogP contribution < -0.4 is 10.0 Å². The second-order valence-electron chi connectivity index (χ2n) is 5.95. The van der Waals surface area contributed by atoms with Gasteiger partial charge in [0.2, 0.25) is 21.8 Å². The van der Waals surface area contributed by atoms with Crippen molar-refractivity contribution in [3.63, 3.8) is 0 Å². The quantitative estimate of drug-likeness (QED) is 0.813. The summed E-state index contributed by atoms with van der Waals surface area (Å²) in [6, 6.07) is 4.71. The van der Waals surface area contributed by atoms with E-state index in [4.69, 9.17) is 4.52 Å². The maximum atomic E-state index is 12.5. The number of fused-ring (bicyclic) bond motifs is 1. The Bertz CT molecular complexity index is 921. The van der Waals surface area contributed by atoms with Crippen LogP contribution in [0.5, 0.6) is 0 Å². The van der Waals surface area contributed by atoms with E-state index in [0.717, 1.165) is 17.7 Å². The highest BCUT2D eigenvalue weighted by Crippen LogP contribution is 2.38. The monoisotopic (exact) mass is 380 g/mol. The molecule has 0 unspecified atom stereocenters. The average molecular weight is 380 g/mol. The maximum Gasteiger partial charge on any atom is 0.241 e. The van der Waals surface area contributed by atoms with Crippen molar-refractivity contribution in [2.45, 2.75) is 41.5 Å². The molecule has 1 saturated carbocycles. The van der Waals surface area contributed by atoms with Crippen LogP contribution in [0.1, 0.15) is 36.9 Å². The van der Waals surface area contributed by atoms with Gasteiger partial charge in [0.15, 0.2) is 5.82 Å². The molecule has 0 bridgehead atoms. The number of rotatable bonds is 5. The van der Waals surface area contributed by atoms with Gasteiger partial charge in [-0.1, -0.05) is 5.16 Å². The molecule has 8 nitrogen and oxygen atoms in total. The standard InChI is InChI=1S/C15H16N4O4S2/c20-14-5-6-24-12-4-3-10(7-11(12)17-14)25(21,22)16-8-13-18-15(23-19-13)9-1-2-9/h3-4,7,9,16H,1-2,5-6,8H2,(H,17,20). The van der Waals surface area contributed by atoms with Crippen LogP contribution in [0.3, 0.4) is 0 Å². The van der Waals surface area contributed by atoms with E-state index >= 15 is 0 Å². The Morgan fingerprint density at radius 3 is 3.00 bits per heavy atom. The number of benzene rings is 1. The number of carbonyl (C=O) groups excluding carboxylic acids is 1. The van der Waals surface area contributed by atoms with Crippen molar-refractivity contribution in [2.24, 2.45) is 0 Å². The molecule has 25 heavy (non-hydrogen) atoms. The predicted octanol–water partition coefficient (Wildman–Crippen LogP) is 1.86. The molecule has 1 aromatic heterocycles. The van der Waals surface area contributed by atoms with Gasteiger partial charge < -0.3 is 9.84 Å². The second-order valence-corrected chi connectivity index (χ2v) is 8.86. The van der Waals surface area contributed by atoms with Gasteiger partial charge in [-0.15, -0.1) is 11.8 Å². The average Bonchev–Trinajstić information content (AvgIpc) is 3.35. The molecule has 10 heteroatoms. The van der Waals surface area contributed by atoms with Crippen LogP contribution in [-0.4, -0.2) is 30.2 Å². The summed E-state index contributed by atoms with van der Waals surface area (Å²) in [6.45, 7) is -0.0449. The second kappa shape index (κ2) is 6.43. The van der Waals surface area contributed by atoms with Crippen LogP contribution in [0.2, 0.25) is 0 Å². The zero-order chi connectivity index (χ0) is 17.4. The van der Waals surface area contributed by atoms with Crippen LogP contribution >= 0.6 is 11.8 Å². The Morgan fingerprint density at radius 1 is 1.36 bits per heavy atom. The number of sulfonamides is 1. The van der Waals surface area contributed by atoms with Crippen molar-refractivity contribution in [3.05, 3.63) is 29.9 Å². The summed E-state index contributed by atoms with van der Waals surface area (Å²) in [5.41, 5.74) is 0.519. The fourth-order valence-electron chi connectivity index (χ4n) is 2.44. The molecule has 1 aromatic carbocycles. The molecule has 1 aliphatic carbocycles. The zero-order valence-corrected chi connectivity index (χ0v) is 14.8. The number of hydrogen-bond donors (Lipinski definition) is 2. The van der Waals surface area contributed by atoms with E-state index in [-0.39, 0.29) is 17.3 Å². The maximum absolute atomic E-state index is 12.5. The molecule has 2 N–H and O–H groups in total. The van der Waals surface area contributed by atoms with Gasteiger partial charge in [0.25, 0.3) is 0 Å². The van der Waals surface area contributed by atoms with Crippen molar-refractivity contribution < 1.29 is 17.7 Å². The van der Waals surface area contributed by atoms with E-state index in [0.29, 0.717) is 35.5 Å². The first-order valence-corrected chi connectivity index (χ1v) is 10.4. The molecule has 0 spiro atoms. The third-order valence-electron chi connectivity index (χ3n) is 3.95. The first-order chi connectivity index (χ1) is 12.0. The molecule has 4 rings (SSSR count). The molecule has 2 heterocycles. The minimum atomic E-state index is -3.75. The Hall–Kier alpha value is -1.91. The van der Waals surface area contributed by atoms with Crippen LogP contribution in [0.25, 0.3) is 0 Å². The third kappa shape index (κ3) is 3.70. The Kier molecular flexibility index (Phi) is 4.26. The van der Waals surface area contributed by atoms with E-state index in [1.165, 1.54) is 23.9 Å². The van der Waals surface area contributed by atoms with Gasteiger partial charge in [-0.05, 0) is 31.0 Å². The van der Waals surface area contributed by atoms with Crippen molar-refractivity contribution in [2.75, 3.05) is 11.1 Å². The van der Waals surface area contributed by atoms with Gasteiger partial charge in [-0.3, -0.25) is 4.79 Å². The summed E-state index contributed by atoms with van der Waals surface area (Å²) in [6.07, 6.45) is 2.47. The Balaban J connectivity index is 1.50. The number of nitrogens with one attached hydrogen (secondary N) is 2. The Labute approximate surface area is 148 Å². The molecular weight excluding hydrogens is 364 g/mol. The number of hydrogen-bond acceptors (Lipinski definition) is 7. The lowest BCUT2D eigenvalue weighted by atomic mass is 10.3. The minimum absolute atomic E-state index is 0.0449. The molecule has 2 aromatic rings. The smallest absolute Gasteiger partial charge is 0.241 e. The predicted molar refractivity (Wildman–Crippen MR) is 90.7 cm³/mol. The number of thioether (sulfide) groups is 1. The molecule has 0 saturated heterocycles. The highest BCUT2D eigenvalue weighted by atomic mass is 32.2. The lowest BCUT2D eigenvalue weighted by molar-refractivity contribution is -0.115. The normalized spacial score (nSPS) is 17.7. The number of aromatic nitrogens is 2. The topological polar surface area (TPSA) is 114 Å². The summed E-state index contributed by atoms with van der Waals surface area (Å²) < 4.78 is 32.6. The van der Waals surface area contributed by atoms with Gasteiger partial charge >= 0.3 is 0 Å². The largest absolute Gasteiger partial charge is 0.339 e. The molecule has 1 amide bonds. The van der Waals surface area contributed by atoms with Crippen molar-refractivity contribution in [1.82, 2.24) is 14.9 Å². The third-order valence-corrected chi connectivity index (χ3v) is 6.43. The fraction of sp³-hybridized carbons (Fsp3) is 0.400. The van der Waals surface area contributed by atoms with Crippen LogP contribution in [0.4, 0.5) is 5.69 Å². The molecule has 1 fully saturated rings.